The molecule has 158 valence electrons. The number of aromatic nitrogens is 2. The summed E-state index contributed by atoms with van der Waals surface area (Å²) in [5.41, 5.74) is 1.15. The number of carbonyl (C=O) groups excluding carboxylic acids is 2. The fourth-order valence-corrected chi connectivity index (χ4v) is 4.24. The highest BCUT2D eigenvalue weighted by Gasteiger charge is 2.35. The molecule has 0 saturated carbocycles. The number of halogens is 1. The van der Waals surface area contributed by atoms with Crippen molar-refractivity contribution in [2.45, 2.75) is 39.0 Å². The van der Waals surface area contributed by atoms with E-state index in [-0.39, 0.29) is 23.7 Å². The van der Waals surface area contributed by atoms with E-state index < -0.39 is 17.4 Å². The molecular formula is C21H24ClN5O3. The molecule has 1 aromatic carbocycles. The summed E-state index contributed by atoms with van der Waals surface area (Å²) in [6, 6.07) is 5.16. The van der Waals surface area contributed by atoms with Gasteiger partial charge in [-0.05, 0) is 43.4 Å². The van der Waals surface area contributed by atoms with Crippen LogP contribution in [-0.2, 0) is 9.59 Å². The second-order valence-corrected chi connectivity index (χ2v) is 8.54. The first-order valence-corrected chi connectivity index (χ1v) is 10.5. The van der Waals surface area contributed by atoms with Crippen LogP contribution in [0.5, 0.6) is 0 Å². The molecule has 2 atom stereocenters. The van der Waals surface area contributed by atoms with E-state index in [2.05, 4.69) is 27.5 Å². The van der Waals surface area contributed by atoms with Crippen LogP contribution in [0, 0.1) is 12.8 Å². The Bertz CT molecular complexity index is 1070. The van der Waals surface area contributed by atoms with Gasteiger partial charge in [0, 0.05) is 30.2 Å². The maximum atomic E-state index is 13.0. The standard InChI is InChI=1S/C21H24ClN5O3/c1-11-4-3-7-27(10-11)21-25-18-17(20(30)26-21)14(9-16(28)24-18)19(29)23-15-8-13(22)6-5-12(15)2/h5-6,8,11,14H,3-4,7,9-10H2,1-2H3,(H,23,29)(H2,24,25,26,28,30)/t11-,14+/m0/s1. The lowest BCUT2D eigenvalue weighted by molar-refractivity contribution is -0.123. The third kappa shape index (κ3) is 4.05. The van der Waals surface area contributed by atoms with Crippen molar-refractivity contribution in [1.29, 1.82) is 0 Å². The quantitative estimate of drug-likeness (QED) is 0.695. The summed E-state index contributed by atoms with van der Waals surface area (Å²) >= 11 is 6.03. The van der Waals surface area contributed by atoms with Crippen LogP contribution < -0.4 is 21.1 Å². The number of benzene rings is 1. The monoisotopic (exact) mass is 429 g/mol. The lowest BCUT2D eigenvalue weighted by Gasteiger charge is -2.32. The first-order valence-electron chi connectivity index (χ1n) is 10.1. The molecule has 30 heavy (non-hydrogen) atoms. The first kappa shape index (κ1) is 20.4. The van der Waals surface area contributed by atoms with Crippen molar-refractivity contribution in [3.63, 3.8) is 0 Å². The molecule has 2 aliphatic heterocycles. The molecule has 8 nitrogen and oxygen atoms in total. The minimum atomic E-state index is -0.933. The van der Waals surface area contributed by atoms with Crippen LogP contribution in [-0.4, -0.2) is 34.9 Å². The fraction of sp³-hybridized carbons (Fsp3) is 0.429. The number of hydrogen-bond donors (Lipinski definition) is 3. The predicted molar refractivity (Wildman–Crippen MR) is 116 cm³/mol. The molecule has 2 aliphatic rings. The summed E-state index contributed by atoms with van der Waals surface area (Å²) < 4.78 is 0. The number of rotatable bonds is 3. The smallest absolute Gasteiger partial charge is 0.258 e. The number of H-pyrrole nitrogens is 1. The molecule has 3 N–H and O–H groups in total. The van der Waals surface area contributed by atoms with Crippen LogP contribution in [0.1, 0.15) is 43.2 Å². The van der Waals surface area contributed by atoms with Gasteiger partial charge in [-0.2, -0.15) is 4.98 Å². The number of amides is 2. The number of hydrogen-bond acceptors (Lipinski definition) is 5. The van der Waals surface area contributed by atoms with Gasteiger partial charge in [0.25, 0.3) is 5.56 Å². The summed E-state index contributed by atoms with van der Waals surface area (Å²) in [5, 5.41) is 5.95. The number of piperidine rings is 1. The average Bonchev–Trinajstić information content (AvgIpc) is 2.69. The van der Waals surface area contributed by atoms with E-state index in [1.807, 2.05) is 11.8 Å². The largest absolute Gasteiger partial charge is 0.342 e. The Morgan fingerprint density at radius 1 is 1.33 bits per heavy atom. The second-order valence-electron chi connectivity index (χ2n) is 8.10. The molecule has 0 bridgehead atoms. The summed E-state index contributed by atoms with van der Waals surface area (Å²) in [7, 11) is 0. The first-order chi connectivity index (χ1) is 14.3. The lowest BCUT2D eigenvalue weighted by Crippen LogP contribution is -2.40. The van der Waals surface area contributed by atoms with Gasteiger partial charge in [-0.15, -0.1) is 0 Å². The van der Waals surface area contributed by atoms with Crippen molar-refractivity contribution < 1.29 is 9.59 Å². The van der Waals surface area contributed by atoms with E-state index >= 15 is 0 Å². The van der Waals surface area contributed by atoms with E-state index in [0.717, 1.165) is 31.5 Å². The van der Waals surface area contributed by atoms with Crippen molar-refractivity contribution in [2.24, 2.45) is 5.92 Å². The third-order valence-corrected chi connectivity index (χ3v) is 5.90. The van der Waals surface area contributed by atoms with Gasteiger partial charge in [0.05, 0.1) is 11.5 Å². The summed E-state index contributed by atoms with van der Waals surface area (Å²) in [6.07, 6.45) is 2.02. The van der Waals surface area contributed by atoms with E-state index in [9.17, 15) is 14.4 Å². The van der Waals surface area contributed by atoms with Crippen LogP contribution in [0.3, 0.4) is 0 Å². The molecule has 0 radical (unpaired) electrons. The minimum absolute atomic E-state index is 0.122. The van der Waals surface area contributed by atoms with Crippen LogP contribution in [0.15, 0.2) is 23.0 Å². The number of nitrogens with one attached hydrogen (secondary N) is 3. The topological polar surface area (TPSA) is 107 Å². The molecule has 2 amide bonds. The highest BCUT2D eigenvalue weighted by molar-refractivity contribution is 6.31. The van der Waals surface area contributed by atoms with E-state index in [1.54, 1.807) is 18.2 Å². The normalized spacial score (nSPS) is 21.0. The SMILES string of the molecule is Cc1ccc(Cl)cc1NC(=O)[C@@H]1CC(=O)Nc2nc(N3CCC[C@H](C)C3)[nH]c(=O)c21. The van der Waals surface area contributed by atoms with Crippen molar-refractivity contribution in [3.8, 4) is 0 Å². The van der Waals surface area contributed by atoms with Gasteiger partial charge in [-0.25, -0.2) is 0 Å². The molecule has 9 heteroatoms. The van der Waals surface area contributed by atoms with Gasteiger partial charge >= 0.3 is 0 Å². The van der Waals surface area contributed by atoms with Gasteiger partial charge in [-0.1, -0.05) is 24.6 Å². The molecule has 1 fully saturated rings. The fourth-order valence-electron chi connectivity index (χ4n) is 4.06. The van der Waals surface area contributed by atoms with Gasteiger partial charge < -0.3 is 15.5 Å². The molecule has 2 aromatic rings. The molecule has 0 unspecified atom stereocenters. The maximum absolute atomic E-state index is 13.0. The van der Waals surface area contributed by atoms with Crippen LogP contribution in [0.4, 0.5) is 17.5 Å². The van der Waals surface area contributed by atoms with Crippen molar-refractivity contribution in [1.82, 2.24) is 9.97 Å². The van der Waals surface area contributed by atoms with Crippen molar-refractivity contribution in [2.75, 3.05) is 28.6 Å². The Hall–Kier alpha value is -2.87. The second kappa shape index (κ2) is 8.10. The van der Waals surface area contributed by atoms with Gasteiger partial charge in [-0.3, -0.25) is 19.4 Å². The van der Waals surface area contributed by atoms with E-state index in [0.29, 0.717) is 22.6 Å². The summed E-state index contributed by atoms with van der Waals surface area (Å²) in [6.45, 7) is 5.57. The molecule has 1 saturated heterocycles. The third-order valence-electron chi connectivity index (χ3n) is 5.67. The van der Waals surface area contributed by atoms with E-state index in [4.69, 9.17) is 11.6 Å². The number of aromatic amines is 1. The molecule has 4 rings (SSSR count). The van der Waals surface area contributed by atoms with Gasteiger partial charge in [0.15, 0.2) is 0 Å². The summed E-state index contributed by atoms with van der Waals surface area (Å²) in [5.74, 6) is -0.639. The van der Waals surface area contributed by atoms with Crippen LogP contribution >= 0.6 is 11.6 Å². The van der Waals surface area contributed by atoms with Crippen molar-refractivity contribution in [3.05, 3.63) is 44.7 Å². The molecular weight excluding hydrogens is 406 g/mol. The highest BCUT2D eigenvalue weighted by Crippen LogP contribution is 2.31. The number of aryl methyl sites for hydroxylation is 1. The number of fused-ring (bicyclic) bond motifs is 1. The molecule has 1 aromatic heterocycles. The maximum Gasteiger partial charge on any atom is 0.258 e. The Morgan fingerprint density at radius 3 is 2.90 bits per heavy atom. The zero-order chi connectivity index (χ0) is 21.4. The minimum Gasteiger partial charge on any atom is -0.342 e. The molecule has 3 heterocycles. The Morgan fingerprint density at radius 2 is 2.13 bits per heavy atom. The predicted octanol–water partition coefficient (Wildman–Crippen LogP) is 3.03. The number of carbonyl (C=O) groups is 2. The zero-order valence-electron chi connectivity index (χ0n) is 16.9. The zero-order valence-corrected chi connectivity index (χ0v) is 17.7. The lowest BCUT2D eigenvalue weighted by atomic mass is 9.92. The highest BCUT2D eigenvalue weighted by atomic mass is 35.5. The summed E-state index contributed by atoms with van der Waals surface area (Å²) in [4.78, 5) is 47.5. The molecule has 0 aliphatic carbocycles. The van der Waals surface area contributed by atoms with Crippen LogP contribution in [0.2, 0.25) is 5.02 Å². The molecule has 0 spiro atoms. The Kier molecular flexibility index (Phi) is 5.51. The average molecular weight is 430 g/mol. The van der Waals surface area contributed by atoms with E-state index in [1.165, 1.54) is 0 Å². The Balaban J connectivity index is 1.66. The van der Waals surface area contributed by atoms with Gasteiger partial charge in [0.1, 0.15) is 5.82 Å². The number of nitrogens with zero attached hydrogens (tertiary/aromatic N) is 2. The van der Waals surface area contributed by atoms with Crippen molar-refractivity contribution >= 4 is 40.9 Å². The van der Waals surface area contributed by atoms with Gasteiger partial charge in [0.2, 0.25) is 17.8 Å². The van der Waals surface area contributed by atoms with Crippen LogP contribution in [0.25, 0.3) is 0 Å². The Labute approximate surface area is 179 Å². The number of anilines is 3.